The molecule has 0 aliphatic carbocycles. The van der Waals surface area contributed by atoms with Gasteiger partial charge in [-0.25, -0.2) is 0 Å². The highest BCUT2D eigenvalue weighted by atomic mass is 16.5. The number of aromatic nitrogens is 1. The molecule has 0 spiro atoms. The Morgan fingerprint density at radius 2 is 2.35 bits per heavy atom. The van der Waals surface area contributed by atoms with Crippen LogP contribution in [0.5, 0.6) is 0 Å². The normalized spacial score (nSPS) is 20.4. The number of hydrogen-bond acceptors (Lipinski definition) is 4. The predicted molar refractivity (Wildman–Crippen MR) is 70.6 cm³/mol. The van der Waals surface area contributed by atoms with Gasteiger partial charge in [-0.15, -0.1) is 0 Å². The zero-order chi connectivity index (χ0) is 12.1. The van der Waals surface area contributed by atoms with Gasteiger partial charge < -0.3 is 15.0 Å². The van der Waals surface area contributed by atoms with Crippen LogP contribution in [0.3, 0.4) is 0 Å². The quantitative estimate of drug-likeness (QED) is 0.867. The zero-order valence-corrected chi connectivity index (χ0v) is 10.6. The minimum Gasteiger partial charge on any atom is -0.384 e. The van der Waals surface area contributed by atoms with E-state index in [4.69, 9.17) is 4.74 Å². The van der Waals surface area contributed by atoms with Crippen LogP contribution in [0.15, 0.2) is 18.5 Å². The van der Waals surface area contributed by atoms with Crippen LogP contribution in [0, 0.1) is 0 Å². The number of morpholine rings is 1. The monoisotopic (exact) mass is 235 g/mol. The summed E-state index contributed by atoms with van der Waals surface area (Å²) < 4.78 is 5.52. The molecule has 4 heteroatoms. The Bertz CT molecular complexity index is 356. The first kappa shape index (κ1) is 12.2. The van der Waals surface area contributed by atoms with Crippen molar-refractivity contribution in [2.45, 2.75) is 26.3 Å². The van der Waals surface area contributed by atoms with Gasteiger partial charge in [0.15, 0.2) is 0 Å². The molecule has 4 nitrogen and oxygen atoms in total. The minimum atomic E-state index is 0.474. The van der Waals surface area contributed by atoms with E-state index < -0.39 is 0 Å². The number of hydrogen-bond donors (Lipinski definition) is 1. The summed E-state index contributed by atoms with van der Waals surface area (Å²) in [6, 6.07) is 2.65. The maximum Gasteiger partial charge on any atom is 0.0670 e. The molecular formula is C13H21N3O. The van der Waals surface area contributed by atoms with Gasteiger partial charge in [0.25, 0.3) is 0 Å². The van der Waals surface area contributed by atoms with Gasteiger partial charge in [-0.1, -0.05) is 6.92 Å². The molecule has 1 aromatic rings. The van der Waals surface area contributed by atoms with Gasteiger partial charge in [0, 0.05) is 13.1 Å². The summed E-state index contributed by atoms with van der Waals surface area (Å²) in [7, 11) is 0. The number of nitrogens with one attached hydrogen (secondary N) is 1. The van der Waals surface area contributed by atoms with E-state index >= 15 is 0 Å². The van der Waals surface area contributed by atoms with Crippen molar-refractivity contribution in [3.63, 3.8) is 0 Å². The molecule has 0 aromatic carbocycles. The molecule has 1 saturated heterocycles. The molecule has 1 aliphatic rings. The Labute approximate surface area is 103 Å². The highest BCUT2D eigenvalue weighted by Crippen LogP contribution is 2.23. The molecule has 1 fully saturated rings. The first-order valence-corrected chi connectivity index (χ1v) is 6.38. The summed E-state index contributed by atoms with van der Waals surface area (Å²) in [5.41, 5.74) is 2.28. The van der Waals surface area contributed by atoms with Crippen LogP contribution in [0.4, 0.5) is 11.4 Å². The topological polar surface area (TPSA) is 37.4 Å². The summed E-state index contributed by atoms with van der Waals surface area (Å²) in [5.74, 6) is 0. The van der Waals surface area contributed by atoms with Crippen LogP contribution in [0.2, 0.25) is 0 Å². The van der Waals surface area contributed by atoms with Crippen LogP contribution < -0.4 is 10.2 Å². The molecular weight excluding hydrogens is 214 g/mol. The molecule has 0 saturated carbocycles. The lowest BCUT2D eigenvalue weighted by Gasteiger charge is -2.36. The number of rotatable bonds is 4. The standard InChI is InChI=1S/C13H21N3O/c1-3-12-10-17-6-5-16(12)13-7-11(15-4-2)8-14-9-13/h7-9,12,15H,3-6,10H2,1-2H3. The summed E-state index contributed by atoms with van der Waals surface area (Å²) in [6.45, 7) is 7.80. The third kappa shape index (κ3) is 2.88. The summed E-state index contributed by atoms with van der Waals surface area (Å²) in [4.78, 5) is 6.70. The van der Waals surface area contributed by atoms with Crippen molar-refractivity contribution in [2.24, 2.45) is 0 Å². The zero-order valence-electron chi connectivity index (χ0n) is 10.6. The molecule has 1 unspecified atom stereocenters. The van der Waals surface area contributed by atoms with E-state index in [0.717, 1.165) is 38.4 Å². The molecule has 1 N–H and O–H groups in total. The van der Waals surface area contributed by atoms with Gasteiger partial charge in [-0.2, -0.15) is 0 Å². The van der Waals surface area contributed by atoms with Gasteiger partial charge in [0.2, 0.25) is 0 Å². The fourth-order valence-electron chi connectivity index (χ4n) is 2.22. The Balaban J connectivity index is 2.16. The van der Waals surface area contributed by atoms with Crippen LogP contribution in [-0.4, -0.2) is 37.3 Å². The lowest BCUT2D eigenvalue weighted by atomic mass is 10.1. The first-order valence-electron chi connectivity index (χ1n) is 6.38. The van der Waals surface area contributed by atoms with E-state index in [1.165, 1.54) is 5.69 Å². The van der Waals surface area contributed by atoms with Gasteiger partial charge in [0.05, 0.1) is 43.0 Å². The number of nitrogens with zero attached hydrogens (tertiary/aromatic N) is 2. The minimum absolute atomic E-state index is 0.474. The van der Waals surface area contributed by atoms with Crippen molar-refractivity contribution in [3.8, 4) is 0 Å². The van der Waals surface area contributed by atoms with Gasteiger partial charge in [-0.05, 0) is 19.4 Å². The van der Waals surface area contributed by atoms with E-state index in [0.29, 0.717) is 6.04 Å². The highest BCUT2D eigenvalue weighted by Gasteiger charge is 2.21. The van der Waals surface area contributed by atoms with Crippen LogP contribution in [0.1, 0.15) is 20.3 Å². The molecule has 0 bridgehead atoms. The molecule has 1 atom stereocenters. The lowest BCUT2D eigenvalue weighted by Crippen LogP contribution is -2.45. The van der Waals surface area contributed by atoms with Gasteiger partial charge in [-0.3, -0.25) is 4.98 Å². The molecule has 2 heterocycles. The Morgan fingerprint density at radius 1 is 1.47 bits per heavy atom. The second-order valence-corrected chi connectivity index (χ2v) is 4.29. The molecule has 17 heavy (non-hydrogen) atoms. The fourth-order valence-corrected chi connectivity index (χ4v) is 2.22. The molecule has 0 radical (unpaired) electrons. The Kier molecular flexibility index (Phi) is 4.20. The average molecular weight is 235 g/mol. The smallest absolute Gasteiger partial charge is 0.0670 e. The predicted octanol–water partition coefficient (Wildman–Crippen LogP) is 2.13. The lowest BCUT2D eigenvalue weighted by molar-refractivity contribution is 0.0930. The maximum absolute atomic E-state index is 5.52. The van der Waals surface area contributed by atoms with E-state index in [1.54, 1.807) is 0 Å². The van der Waals surface area contributed by atoms with E-state index in [9.17, 15) is 0 Å². The van der Waals surface area contributed by atoms with Gasteiger partial charge in [0.1, 0.15) is 0 Å². The van der Waals surface area contributed by atoms with Crippen LogP contribution >= 0.6 is 0 Å². The summed E-state index contributed by atoms with van der Waals surface area (Å²) in [5, 5.41) is 3.30. The van der Waals surface area contributed by atoms with Crippen molar-refractivity contribution >= 4 is 11.4 Å². The fraction of sp³-hybridized carbons (Fsp3) is 0.615. The maximum atomic E-state index is 5.52. The second kappa shape index (κ2) is 5.87. The van der Waals surface area contributed by atoms with Crippen molar-refractivity contribution in [1.29, 1.82) is 0 Å². The third-order valence-corrected chi connectivity index (χ3v) is 3.14. The molecule has 2 rings (SSSR count). The highest BCUT2D eigenvalue weighted by molar-refractivity contribution is 5.56. The molecule has 94 valence electrons. The largest absolute Gasteiger partial charge is 0.384 e. The van der Waals surface area contributed by atoms with Crippen molar-refractivity contribution in [2.75, 3.05) is 36.5 Å². The summed E-state index contributed by atoms with van der Waals surface area (Å²) in [6.07, 6.45) is 4.91. The van der Waals surface area contributed by atoms with Gasteiger partial charge >= 0.3 is 0 Å². The molecule has 1 aliphatic heterocycles. The van der Waals surface area contributed by atoms with Crippen LogP contribution in [0.25, 0.3) is 0 Å². The molecule has 1 aromatic heterocycles. The van der Waals surface area contributed by atoms with Crippen LogP contribution in [-0.2, 0) is 4.74 Å². The summed E-state index contributed by atoms with van der Waals surface area (Å²) >= 11 is 0. The SMILES string of the molecule is CCNc1cncc(N2CCOCC2CC)c1. The van der Waals surface area contributed by atoms with Crippen molar-refractivity contribution in [3.05, 3.63) is 18.5 Å². The van der Waals surface area contributed by atoms with E-state index in [-0.39, 0.29) is 0 Å². The molecule has 0 amide bonds. The van der Waals surface area contributed by atoms with Crippen molar-refractivity contribution in [1.82, 2.24) is 4.98 Å². The second-order valence-electron chi connectivity index (χ2n) is 4.29. The Morgan fingerprint density at radius 3 is 3.12 bits per heavy atom. The average Bonchev–Trinajstić information content (AvgIpc) is 2.39. The third-order valence-electron chi connectivity index (χ3n) is 3.14. The first-order chi connectivity index (χ1) is 8.35. The van der Waals surface area contributed by atoms with Crippen molar-refractivity contribution < 1.29 is 4.74 Å². The van der Waals surface area contributed by atoms with E-state index in [1.807, 2.05) is 12.4 Å². The number of pyridine rings is 1. The number of ether oxygens (including phenoxy) is 1. The Hall–Kier alpha value is -1.29. The number of anilines is 2. The van der Waals surface area contributed by atoms with E-state index in [2.05, 4.69) is 35.1 Å².